The summed E-state index contributed by atoms with van der Waals surface area (Å²) in [5.41, 5.74) is 0.913. The first-order valence-electron chi connectivity index (χ1n) is 9.92. The van der Waals surface area contributed by atoms with Crippen molar-refractivity contribution in [2.24, 2.45) is 5.92 Å². The first-order valence-corrected chi connectivity index (χ1v) is 12.6. The van der Waals surface area contributed by atoms with Crippen molar-refractivity contribution in [2.45, 2.75) is 39.0 Å². The largest absolute Gasteiger partial charge is 0.369 e. The van der Waals surface area contributed by atoms with Crippen LogP contribution in [-0.4, -0.2) is 60.3 Å². The van der Waals surface area contributed by atoms with Crippen molar-refractivity contribution in [2.75, 3.05) is 36.5 Å². The molecule has 2 aliphatic heterocycles. The highest BCUT2D eigenvalue weighted by Gasteiger charge is 2.28. The normalized spacial score (nSPS) is 22.3. The van der Waals surface area contributed by atoms with E-state index in [1.807, 2.05) is 11.8 Å². The van der Waals surface area contributed by atoms with E-state index in [1.165, 1.54) is 30.5 Å². The molecule has 0 aliphatic carbocycles. The zero-order valence-electron chi connectivity index (χ0n) is 16.1. The van der Waals surface area contributed by atoms with Crippen LogP contribution in [0.25, 0.3) is 10.2 Å². The van der Waals surface area contributed by atoms with Crippen molar-refractivity contribution < 1.29 is 13.2 Å². The summed E-state index contributed by atoms with van der Waals surface area (Å²) in [5.74, 6) is 1.39. The molecule has 1 atom stereocenters. The van der Waals surface area contributed by atoms with Crippen LogP contribution in [0.2, 0.25) is 0 Å². The maximum absolute atomic E-state index is 13.1. The van der Waals surface area contributed by atoms with Gasteiger partial charge in [-0.05, 0) is 37.7 Å². The lowest BCUT2D eigenvalue weighted by molar-refractivity contribution is 0.0766. The Morgan fingerprint density at radius 3 is 2.68 bits per heavy atom. The zero-order chi connectivity index (χ0) is 19.7. The molecule has 152 valence electrons. The first kappa shape index (κ1) is 19.6. The summed E-state index contributed by atoms with van der Waals surface area (Å²) in [7, 11) is -2.89. The zero-order valence-corrected chi connectivity index (χ0v) is 17.7. The Labute approximate surface area is 169 Å². The Balaban J connectivity index is 1.57. The number of nitrogens with zero attached hydrogens (tertiary/aromatic N) is 3. The molecule has 2 saturated heterocycles. The third kappa shape index (κ3) is 4.00. The van der Waals surface area contributed by atoms with E-state index in [0.29, 0.717) is 18.8 Å². The van der Waals surface area contributed by atoms with Crippen LogP contribution in [0, 0.1) is 12.8 Å². The highest BCUT2D eigenvalue weighted by atomic mass is 32.2. The van der Waals surface area contributed by atoms with Gasteiger partial charge in [0.1, 0.15) is 17.0 Å². The van der Waals surface area contributed by atoms with Gasteiger partial charge in [0, 0.05) is 19.6 Å². The van der Waals surface area contributed by atoms with E-state index in [9.17, 15) is 13.2 Å². The summed E-state index contributed by atoms with van der Waals surface area (Å²) in [6, 6.07) is 0. The summed E-state index contributed by atoms with van der Waals surface area (Å²) in [6.07, 6.45) is 6.69. The van der Waals surface area contributed by atoms with Gasteiger partial charge in [-0.2, -0.15) is 0 Å². The predicted molar refractivity (Wildman–Crippen MR) is 112 cm³/mol. The smallest absolute Gasteiger partial charge is 0.264 e. The van der Waals surface area contributed by atoms with Gasteiger partial charge in [-0.1, -0.05) is 12.8 Å². The second kappa shape index (κ2) is 7.94. The van der Waals surface area contributed by atoms with Crippen molar-refractivity contribution in [1.29, 1.82) is 0 Å². The summed E-state index contributed by atoms with van der Waals surface area (Å²) in [6.45, 7) is 4.16. The average Bonchev–Trinajstić information content (AvgIpc) is 3.06. The number of hydrogen-bond acceptors (Lipinski definition) is 7. The fourth-order valence-corrected chi connectivity index (χ4v) is 7.08. The molecule has 28 heavy (non-hydrogen) atoms. The van der Waals surface area contributed by atoms with Crippen molar-refractivity contribution in [3.63, 3.8) is 0 Å². The maximum atomic E-state index is 13.1. The number of nitrogens with one attached hydrogen (secondary N) is 1. The van der Waals surface area contributed by atoms with E-state index >= 15 is 0 Å². The number of hydrogen-bond donors (Lipinski definition) is 1. The second-order valence-corrected chi connectivity index (χ2v) is 11.0. The summed E-state index contributed by atoms with van der Waals surface area (Å²) >= 11 is 1.43. The van der Waals surface area contributed by atoms with Crippen LogP contribution in [0.15, 0.2) is 6.33 Å². The minimum absolute atomic E-state index is 0.0928. The number of thiophene rings is 1. The average molecular weight is 423 g/mol. The molecule has 0 radical (unpaired) electrons. The first-order chi connectivity index (χ1) is 13.4. The lowest BCUT2D eigenvalue weighted by Gasteiger charge is -2.19. The van der Waals surface area contributed by atoms with Crippen molar-refractivity contribution in [1.82, 2.24) is 14.9 Å². The minimum atomic E-state index is -2.89. The molecule has 4 rings (SSSR count). The van der Waals surface area contributed by atoms with Crippen LogP contribution in [-0.2, 0) is 9.84 Å². The molecule has 1 N–H and O–H groups in total. The lowest BCUT2D eigenvalue weighted by Crippen LogP contribution is -2.31. The van der Waals surface area contributed by atoms with Crippen LogP contribution < -0.4 is 5.32 Å². The number of sulfone groups is 1. The number of aryl methyl sites for hydroxylation is 1. The van der Waals surface area contributed by atoms with E-state index in [2.05, 4.69) is 15.3 Å². The van der Waals surface area contributed by atoms with Crippen LogP contribution in [0.3, 0.4) is 0 Å². The molecule has 2 aliphatic rings. The minimum Gasteiger partial charge on any atom is -0.369 e. The summed E-state index contributed by atoms with van der Waals surface area (Å²) < 4.78 is 23.4. The molecule has 7 nitrogen and oxygen atoms in total. The molecule has 4 heterocycles. The number of aromatic nitrogens is 2. The predicted octanol–water partition coefficient (Wildman–Crippen LogP) is 2.86. The molecule has 0 spiro atoms. The molecule has 9 heteroatoms. The number of rotatable bonds is 4. The number of likely N-dealkylation sites (tertiary alicyclic amines) is 1. The van der Waals surface area contributed by atoms with Crippen molar-refractivity contribution >= 4 is 43.1 Å². The molecule has 0 aromatic carbocycles. The fourth-order valence-electron chi connectivity index (χ4n) is 4.10. The fraction of sp³-hybridized carbons (Fsp3) is 0.632. The van der Waals surface area contributed by atoms with E-state index in [1.54, 1.807) is 0 Å². The van der Waals surface area contributed by atoms with E-state index in [4.69, 9.17) is 0 Å². The third-order valence-electron chi connectivity index (χ3n) is 5.70. The maximum Gasteiger partial charge on any atom is 0.264 e. The van der Waals surface area contributed by atoms with E-state index in [-0.39, 0.29) is 23.3 Å². The number of carbonyl (C=O) groups is 1. The van der Waals surface area contributed by atoms with Gasteiger partial charge in [0.2, 0.25) is 0 Å². The molecule has 0 saturated carbocycles. The molecule has 2 aromatic heterocycles. The number of fused-ring (bicyclic) bond motifs is 1. The molecule has 2 aromatic rings. The number of carbonyl (C=O) groups excluding carboxylic acids is 1. The second-order valence-electron chi connectivity index (χ2n) is 7.81. The van der Waals surface area contributed by atoms with Crippen molar-refractivity contribution in [3.8, 4) is 0 Å². The lowest BCUT2D eigenvalue weighted by atomic mass is 10.1. The molecular formula is C19H26N4O3S2. The van der Waals surface area contributed by atoms with Crippen LogP contribution in [0.4, 0.5) is 5.82 Å². The van der Waals surface area contributed by atoms with Gasteiger partial charge in [-0.15, -0.1) is 11.3 Å². The van der Waals surface area contributed by atoms with Gasteiger partial charge < -0.3 is 10.2 Å². The Kier molecular flexibility index (Phi) is 5.55. The molecule has 1 unspecified atom stereocenters. The van der Waals surface area contributed by atoms with E-state index in [0.717, 1.165) is 46.6 Å². The Hall–Kier alpha value is -1.74. The van der Waals surface area contributed by atoms with Crippen LogP contribution in [0.5, 0.6) is 0 Å². The Bertz CT molecular complexity index is 978. The highest BCUT2D eigenvalue weighted by Crippen LogP contribution is 2.34. The van der Waals surface area contributed by atoms with Gasteiger partial charge in [0.05, 0.1) is 21.8 Å². The number of amides is 1. The van der Waals surface area contributed by atoms with Gasteiger partial charge in [0.25, 0.3) is 5.91 Å². The Morgan fingerprint density at radius 1 is 1.25 bits per heavy atom. The van der Waals surface area contributed by atoms with Gasteiger partial charge in [0.15, 0.2) is 9.84 Å². The third-order valence-corrected chi connectivity index (χ3v) is 8.72. The summed E-state index contributed by atoms with van der Waals surface area (Å²) in [4.78, 5) is 25.3. The molecule has 1 amide bonds. The van der Waals surface area contributed by atoms with Gasteiger partial charge >= 0.3 is 0 Å². The summed E-state index contributed by atoms with van der Waals surface area (Å²) in [5, 5.41) is 4.20. The molecular weight excluding hydrogens is 396 g/mol. The monoisotopic (exact) mass is 422 g/mol. The van der Waals surface area contributed by atoms with Gasteiger partial charge in [-0.3, -0.25) is 4.79 Å². The molecule has 0 bridgehead atoms. The Morgan fingerprint density at radius 2 is 2.00 bits per heavy atom. The SMILES string of the molecule is Cc1c(C(=O)N2CCCCCC2)sc2ncnc(NCC3CCS(=O)(=O)C3)c12. The number of anilines is 1. The van der Waals surface area contributed by atoms with Crippen molar-refractivity contribution in [3.05, 3.63) is 16.8 Å². The molecule has 2 fully saturated rings. The highest BCUT2D eigenvalue weighted by molar-refractivity contribution is 7.91. The van der Waals surface area contributed by atoms with Crippen LogP contribution >= 0.6 is 11.3 Å². The van der Waals surface area contributed by atoms with Crippen LogP contribution in [0.1, 0.15) is 47.3 Å². The standard InChI is InChI=1S/C19H26N4O3S2/c1-13-15-17(20-10-14-6-9-28(25,26)11-14)21-12-22-18(15)27-16(13)19(24)23-7-4-2-3-5-8-23/h12,14H,2-11H2,1H3,(H,20,21,22). The van der Waals surface area contributed by atoms with E-state index < -0.39 is 9.84 Å². The quantitative estimate of drug-likeness (QED) is 0.814. The van der Waals surface area contributed by atoms with Gasteiger partial charge in [-0.25, -0.2) is 18.4 Å². The topological polar surface area (TPSA) is 92.3 Å².